The normalized spacial score (nSPS) is 21.6. The number of carbonyl (C=O) groups excluding carboxylic acids is 1. The molecule has 9 heteroatoms. The van der Waals surface area contributed by atoms with Gasteiger partial charge in [-0.1, -0.05) is 17.7 Å². The monoisotopic (exact) mass is 347 g/mol. The molecule has 1 aromatic carbocycles. The number of aryl methyl sites for hydroxylation is 1. The second kappa shape index (κ2) is 6.82. The lowest BCUT2D eigenvalue weighted by Gasteiger charge is -2.15. The van der Waals surface area contributed by atoms with E-state index in [1.807, 2.05) is 0 Å². The summed E-state index contributed by atoms with van der Waals surface area (Å²) in [4.78, 5) is 11.6. The Bertz CT molecular complexity index is 665. The summed E-state index contributed by atoms with van der Waals surface area (Å²) in [6.07, 6.45) is 0.0772. The molecule has 0 aromatic heterocycles. The zero-order valence-corrected chi connectivity index (χ0v) is 13.8. The summed E-state index contributed by atoms with van der Waals surface area (Å²) in [6.45, 7) is 3.71. The predicted molar refractivity (Wildman–Crippen MR) is 83.8 cm³/mol. The van der Waals surface area contributed by atoms with E-state index in [2.05, 4.69) is 15.6 Å². The van der Waals surface area contributed by atoms with E-state index in [0.29, 0.717) is 10.7 Å². The molecule has 2 unspecified atom stereocenters. The summed E-state index contributed by atoms with van der Waals surface area (Å²) >= 11 is 5.88. The predicted octanol–water partition coefficient (Wildman–Crippen LogP) is 1.15. The molecule has 0 amide bonds. The maximum absolute atomic E-state index is 12.4. The largest absolute Gasteiger partial charge is 0.465 e. The molecule has 1 aliphatic heterocycles. The van der Waals surface area contributed by atoms with Gasteiger partial charge in [-0.3, -0.25) is 9.52 Å². The number of ether oxygens (including phenoxy) is 1. The quantitative estimate of drug-likeness (QED) is 0.691. The fourth-order valence-corrected chi connectivity index (χ4v) is 3.57. The third-order valence-electron chi connectivity index (χ3n) is 3.27. The van der Waals surface area contributed by atoms with E-state index in [1.54, 1.807) is 32.0 Å². The molecule has 122 valence electrons. The zero-order chi connectivity index (χ0) is 16.3. The highest BCUT2D eigenvalue weighted by Crippen LogP contribution is 2.23. The van der Waals surface area contributed by atoms with Crippen molar-refractivity contribution in [3.8, 4) is 0 Å². The second-order valence-corrected chi connectivity index (χ2v) is 7.22. The topological polar surface area (TPSA) is 96.5 Å². The fourth-order valence-electron chi connectivity index (χ4n) is 2.06. The van der Waals surface area contributed by atoms with Crippen LogP contribution in [0.4, 0.5) is 5.69 Å². The van der Waals surface area contributed by atoms with Gasteiger partial charge in [-0.25, -0.2) is 19.3 Å². The van der Waals surface area contributed by atoms with E-state index in [0.717, 1.165) is 5.56 Å². The molecule has 2 rings (SSSR count). The van der Waals surface area contributed by atoms with E-state index in [4.69, 9.17) is 16.3 Å². The molecule has 0 saturated carbocycles. The number of anilines is 1. The first-order valence-electron chi connectivity index (χ1n) is 6.79. The van der Waals surface area contributed by atoms with Crippen LogP contribution >= 0.6 is 11.6 Å². The van der Waals surface area contributed by atoms with E-state index in [1.165, 1.54) is 0 Å². The van der Waals surface area contributed by atoms with Gasteiger partial charge in [0.1, 0.15) is 11.4 Å². The smallest absolute Gasteiger partial charge is 0.324 e. The van der Waals surface area contributed by atoms with Gasteiger partial charge < -0.3 is 4.74 Å². The van der Waals surface area contributed by atoms with Gasteiger partial charge in [-0.05, 0) is 31.5 Å². The van der Waals surface area contributed by atoms with Crippen molar-refractivity contribution in [2.45, 2.75) is 31.7 Å². The number of esters is 1. The number of hydrogen-bond acceptors (Lipinski definition) is 6. The summed E-state index contributed by atoms with van der Waals surface area (Å²) in [5.74, 6) is -0.480. The number of hydrazine groups is 1. The summed E-state index contributed by atoms with van der Waals surface area (Å²) in [6, 6.07) is 4.25. The molecule has 0 bridgehead atoms. The SMILES string of the molecule is CCOC(=O)C1CC(S(=O)(=O)Nc2cc(Cl)ccc2C)NN1. The Labute approximate surface area is 134 Å². The lowest BCUT2D eigenvalue weighted by Crippen LogP contribution is -2.41. The van der Waals surface area contributed by atoms with Crippen molar-refractivity contribution in [3.05, 3.63) is 28.8 Å². The van der Waals surface area contributed by atoms with E-state index >= 15 is 0 Å². The summed E-state index contributed by atoms with van der Waals surface area (Å²) in [7, 11) is -3.72. The molecule has 1 fully saturated rings. The fraction of sp³-hybridized carbons (Fsp3) is 0.462. The van der Waals surface area contributed by atoms with Crippen molar-refractivity contribution in [1.29, 1.82) is 0 Å². The van der Waals surface area contributed by atoms with Gasteiger partial charge >= 0.3 is 5.97 Å². The van der Waals surface area contributed by atoms with Crippen LogP contribution in [0.5, 0.6) is 0 Å². The molecule has 3 N–H and O–H groups in total. The molecular weight excluding hydrogens is 330 g/mol. The Morgan fingerprint density at radius 1 is 1.45 bits per heavy atom. The molecule has 1 heterocycles. The highest BCUT2D eigenvalue weighted by molar-refractivity contribution is 7.93. The molecule has 2 atom stereocenters. The Balaban J connectivity index is 2.08. The summed E-state index contributed by atoms with van der Waals surface area (Å²) in [5.41, 5.74) is 6.41. The van der Waals surface area contributed by atoms with Crippen molar-refractivity contribution >= 4 is 33.3 Å². The van der Waals surface area contributed by atoms with Gasteiger partial charge in [0.2, 0.25) is 10.0 Å². The molecular formula is C13H18ClN3O4S. The molecule has 1 aromatic rings. The van der Waals surface area contributed by atoms with Gasteiger partial charge in [0.25, 0.3) is 0 Å². The van der Waals surface area contributed by atoms with Crippen molar-refractivity contribution in [2.24, 2.45) is 0 Å². The Kier molecular flexibility index (Phi) is 5.28. The van der Waals surface area contributed by atoms with Crippen molar-refractivity contribution in [1.82, 2.24) is 10.9 Å². The first kappa shape index (κ1) is 17.0. The maximum Gasteiger partial charge on any atom is 0.324 e. The highest BCUT2D eigenvalue weighted by Gasteiger charge is 2.38. The first-order valence-corrected chi connectivity index (χ1v) is 8.71. The molecule has 0 radical (unpaired) electrons. The Morgan fingerprint density at radius 2 is 2.18 bits per heavy atom. The van der Waals surface area contributed by atoms with Gasteiger partial charge in [-0.15, -0.1) is 0 Å². The minimum atomic E-state index is -3.72. The van der Waals surface area contributed by atoms with Gasteiger partial charge in [0.15, 0.2) is 0 Å². The third-order valence-corrected chi connectivity index (χ3v) is 5.06. The Hall–Kier alpha value is -1.35. The second-order valence-electron chi connectivity index (χ2n) is 4.92. The van der Waals surface area contributed by atoms with E-state index in [9.17, 15) is 13.2 Å². The minimum Gasteiger partial charge on any atom is -0.465 e. The van der Waals surface area contributed by atoms with Crippen molar-refractivity contribution in [3.63, 3.8) is 0 Å². The van der Waals surface area contributed by atoms with E-state index < -0.39 is 27.4 Å². The van der Waals surface area contributed by atoms with Crippen LogP contribution in [0, 0.1) is 6.92 Å². The first-order chi connectivity index (χ1) is 10.3. The van der Waals surface area contributed by atoms with Crippen LogP contribution in [-0.2, 0) is 19.6 Å². The standard InChI is InChI=1S/C13H18ClN3O4S/c1-3-21-13(18)11-7-12(16-15-11)22(19,20)17-10-6-9(14)5-4-8(10)2/h4-6,11-12,15-17H,3,7H2,1-2H3. The van der Waals surface area contributed by atoms with Crippen LogP contribution in [0.1, 0.15) is 18.9 Å². The highest BCUT2D eigenvalue weighted by atomic mass is 35.5. The van der Waals surface area contributed by atoms with Gasteiger partial charge in [0.05, 0.1) is 12.3 Å². The number of nitrogens with one attached hydrogen (secondary N) is 3. The minimum absolute atomic E-state index is 0.0772. The number of sulfonamides is 1. The van der Waals surface area contributed by atoms with Crippen LogP contribution in [0.2, 0.25) is 5.02 Å². The van der Waals surface area contributed by atoms with Gasteiger partial charge in [-0.2, -0.15) is 0 Å². The molecule has 0 aliphatic carbocycles. The van der Waals surface area contributed by atoms with E-state index in [-0.39, 0.29) is 13.0 Å². The van der Waals surface area contributed by atoms with Gasteiger partial charge in [0, 0.05) is 11.4 Å². The van der Waals surface area contributed by atoms with Crippen LogP contribution in [0.3, 0.4) is 0 Å². The summed E-state index contributed by atoms with van der Waals surface area (Å²) in [5, 5.41) is -0.509. The van der Waals surface area contributed by atoms with Crippen LogP contribution < -0.4 is 15.6 Å². The van der Waals surface area contributed by atoms with Crippen LogP contribution in [0.15, 0.2) is 18.2 Å². The molecule has 1 saturated heterocycles. The molecule has 0 spiro atoms. The third kappa shape index (κ3) is 3.89. The average molecular weight is 348 g/mol. The summed E-state index contributed by atoms with van der Waals surface area (Å²) < 4.78 is 32.1. The van der Waals surface area contributed by atoms with Crippen LogP contribution in [0.25, 0.3) is 0 Å². The number of rotatable bonds is 5. The number of halogens is 1. The van der Waals surface area contributed by atoms with Crippen molar-refractivity contribution in [2.75, 3.05) is 11.3 Å². The number of benzene rings is 1. The lowest BCUT2D eigenvalue weighted by atomic mass is 10.2. The average Bonchev–Trinajstić information content (AvgIpc) is 2.93. The number of carbonyl (C=O) groups is 1. The Morgan fingerprint density at radius 3 is 2.86 bits per heavy atom. The van der Waals surface area contributed by atoms with Crippen molar-refractivity contribution < 1.29 is 17.9 Å². The molecule has 7 nitrogen and oxygen atoms in total. The maximum atomic E-state index is 12.4. The zero-order valence-electron chi connectivity index (χ0n) is 12.2. The lowest BCUT2D eigenvalue weighted by molar-refractivity contribution is -0.145. The molecule has 1 aliphatic rings. The van der Waals surface area contributed by atoms with Crippen LogP contribution in [-0.4, -0.2) is 32.4 Å². The molecule has 22 heavy (non-hydrogen) atoms. The number of hydrogen-bond donors (Lipinski definition) is 3.